The lowest BCUT2D eigenvalue weighted by molar-refractivity contribution is 0.799. The van der Waals surface area contributed by atoms with Crippen molar-refractivity contribution in [2.45, 2.75) is 5.41 Å². The van der Waals surface area contributed by atoms with E-state index >= 15 is 0 Å². The number of fused-ring (bicyclic) bond motifs is 13. The van der Waals surface area contributed by atoms with E-state index in [9.17, 15) is 0 Å². The number of hydrogen-bond donors (Lipinski definition) is 0. The molecule has 0 saturated heterocycles. The van der Waals surface area contributed by atoms with E-state index in [0.717, 1.165) is 55.5 Å². The smallest absolute Gasteiger partial charge is 0.164 e. The van der Waals surface area contributed by atoms with Gasteiger partial charge in [0.05, 0.1) is 16.8 Å². The van der Waals surface area contributed by atoms with Crippen LogP contribution in [0.25, 0.3) is 100 Å². The molecule has 1 spiro atoms. The Morgan fingerprint density at radius 3 is 1.48 bits per heavy atom. The van der Waals surface area contributed by atoms with Crippen molar-refractivity contribution < 1.29 is 0 Å². The summed E-state index contributed by atoms with van der Waals surface area (Å²) in [7, 11) is 0. The maximum atomic E-state index is 5.67. The lowest BCUT2D eigenvalue weighted by atomic mass is 9.69. The molecular weight excluding hydrogens is 765 g/mol. The van der Waals surface area contributed by atoms with Crippen LogP contribution in [0.4, 0.5) is 0 Å². The Morgan fingerprint density at radius 1 is 0.270 bits per heavy atom. The summed E-state index contributed by atoms with van der Waals surface area (Å²) in [6.45, 7) is 0. The normalized spacial score (nSPS) is 12.9. The number of benzene rings is 9. The first-order chi connectivity index (χ1) is 31.2. The van der Waals surface area contributed by atoms with Crippen LogP contribution in [0.15, 0.2) is 218 Å². The van der Waals surface area contributed by atoms with Crippen LogP contribution >= 0.6 is 0 Å². The lowest BCUT2D eigenvalue weighted by Gasteiger charge is -2.31. The van der Waals surface area contributed by atoms with E-state index in [1.807, 2.05) is 30.3 Å². The molecule has 0 amide bonds. The van der Waals surface area contributed by atoms with Crippen molar-refractivity contribution in [1.82, 2.24) is 19.9 Å². The zero-order valence-corrected chi connectivity index (χ0v) is 34.1. The van der Waals surface area contributed by atoms with Crippen molar-refractivity contribution in [2.24, 2.45) is 0 Å². The van der Waals surface area contributed by atoms with Crippen molar-refractivity contribution in [3.8, 4) is 78.9 Å². The topological polar surface area (TPSA) is 51.6 Å². The highest BCUT2D eigenvalue weighted by Gasteiger charge is 2.53. The molecular formula is C59H36N4. The summed E-state index contributed by atoms with van der Waals surface area (Å²) in [5.74, 6) is 1.91. The molecule has 0 atom stereocenters. The van der Waals surface area contributed by atoms with Gasteiger partial charge in [-0.25, -0.2) is 19.9 Å². The van der Waals surface area contributed by atoms with E-state index in [1.54, 1.807) is 0 Å². The van der Waals surface area contributed by atoms with Crippen molar-refractivity contribution in [2.75, 3.05) is 0 Å². The maximum Gasteiger partial charge on any atom is 0.164 e. The summed E-state index contributed by atoms with van der Waals surface area (Å²) in [6, 6.07) is 77.9. The molecule has 0 fully saturated rings. The molecule has 0 saturated carbocycles. The van der Waals surface area contributed by atoms with Gasteiger partial charge in [0.25, 0.3) is 0 Å². The molecule has 0 aliphatic heterocycles. The van der Waals surface area contributed by atoms with Gasteiger partial charge in [0.15, 0.2) is 17.5 Å². The van der Waals surface area contributed by atoms with Crippen LogP contribution in [0, 0.1) is 0 Å². The first kappa shape index (κ1) is 35.4. The summed E-state index contributed by atoms with van der Waals surface area (Å²) >= 11 is 0. The van der Waals surface area contributed by atoms with Gasteiger partial charge in [-0.1, -0.05) is 206 Å². The molecule has 9 aromatic carbocycles. The van der Waals surface area contributed by atoms with Gasteiger partial charge >= 0.3 is 0 Å². The molecule has 63 heavy (non-hydrogen) atoms. The van der Waals surface area contributed by atoms with Gasteiger partial charge in [0.2, 0.25) is 0 Å². The second kappa shape index (κ2) is 13.8. The van der Waals surface area contributed by atoms with E-state index in [-0.39, 0.29) is 0 Å². The fourth-order valence-corrected chi connectivity index (χ4v) is 10.3. The number of aromatic nitrogens is 4. The molecule has 2 aliphatic carbocycles. The fraction of sp³-hybridized carbons (Fsp3) is 0.0169. The van der Waals surface area contributed by atoms with Crippen molar-refractivity contribution in [3.05, 3.63) is 241 Å². The minimum absolute atomic E-state index is 0.463. The van der Waals surface area contributed by atoms with Crippen LogP contribution in [0.3, 0.4) is 0 Å². The van der Waals surface area contributed by atoms with Gasteiger partial charge in [0, 0.05) is 38.8 Å². The molecule has 2 heterocycles. The minimum atomic E-state index is -0.463. The van der Waals surface area contributed by atoms with E-state index < -0.39 is 5.41 Å². The van der Waals surface area contributed by atoms with Crippen LogP contribution in [-0.2, 0) is 5.41 Å². The van der Waals surface area contributed by atoms with Crippen LogP contribution in [0.1, 0.15) is 22.3 Å². The number of pyridine rings is 1. The average Bonchev–Trinajstić information content (AvgIpc) is 3.83. The molecule has 0 N–H and O–H groups in total. The van der Waals surface area contributed by atoms with Gasteiger partial charge in [-0.05, 0) is 67.2 Å². The third-order valence-corrected chi connectivity index (χ3v) is 13.1. The minimum Gasteiger partial charge on any atom is -0.247 e. The summed E-state index contributed by atoms with van der Waals surface area (Å²) in [6.07, 6.45) is 0. The Kier molecular flexibility index (Phi) is 7.79. The molecule has 13 rings (SSSR count). The van der Waals surface area contributed by atoms with Gasteiger partial charge in [0.1, 0.15) is 0 Å². The van der Waals surface area contributed by atoms with Crippen molar-refractivity contribution in [1.29, 1.82) is 0 Å². The second-order valence-corrected chi connectivity index (χ2v) is 16.5. The van der Waals surface area contributed by atoms with Gasteiger partial charge in [-0.3, -0.25) is 0 Å². The quantitative estimate of drug-likeness (QED) is 0.174. The Hall–Kier alpha value is -8.34. The van der Waals surface area contributed by atoms with E-state index in [0.29, 0.717) is 17.5 Å². The lowest BCUT2D eigenvalue weighted by Crippen LogP contribution is -2.26. The number of hydrogen-bond acceptors (Lipinski definition) is 4. The van der Waals surface area contributed by atoms with Crippen molar-refractivity contribution in [3.63, 3.8) is 0 Å². The van der Waals surface area contributed by atoms with Crippen LogP contribution in [0.5, 0.6) is 0 Å². The highest BCUT2D eigenvalue weighted by atomic mass is 15.0. The van der Waals surface area contributed by atoms with E-state index in [4.69, 9.17) is 19.9 Å². The number of nitrogens with zero attached hydrogens (tertiary/aromatic N) is 4. The predicted molar refractivity (Wildman–Crippen MR) is 256 cm³/mol. The summed E-state index contributed by atoms with van der Waals surface area (Å²) in [5, 5.41) is 4.70. The Labute approximate surface area is 364 Å². The summed E-state index contributed by atoms with van der Waals surface area (Å²) in [5.41, 5.74) is 16.6. The predicted octanol–water partition coefficient (Wildman–Crippen LogP) is 14.3. The summed E-state index contributed by atoms with van der Waals surface area (Å²) < 4.78 is 0. The summed E-state index contributed by atoms with van der Waals surface area (Å²) in [4.78, 5) is 20.8. The van der Waals surface area contributed by atoms with Crippen LogP contribution < -0.4 is 0 Å². The van der Waals surface area contributed by atoms with Gasteiger partial charge in [-0.2, -0.15) is 0 Å². The molecule has 292 valence electrons. The maximum absolute atomic E-state index is 5.67. The Balaban J connectivity index is 0.921. The van der Waals surface area contributed by atoms with Gasteiger partial charge < -0.3 is 0 Å². The molecule has 0 unspecified atom stereocenters. The highest BCUT2D eigenvalue weighted by Crippen LogP contribution is 2.64. The van der Waals surface area contributed by atoms with Gasteiger partial charge in [-0.15, -0.1) is 0 Å². The monoisotopic (exact) mass is 800 g/mol. The molecule has 2 aliphatic rings. The first-order valence-corrected chi connectivity index (χ1v) is 21.5. The Bertz CT molecular complexity index is 3580. The second-order valence-electron chi connectivity index (χ2n) is 16.5. The van der Waals surface area contributed by atoms with Crippen LogP contribution in [0.2, 0.25) is 0 Å². The molecule has 4 nitrogen and oxygen atoms in total. The zero-order chi connectivity index (χ0) is 41.5. The SMILES string of the molecule is c1ccc(-c2nc(-c3cccc(-c4ccc(-c5nc6c(c7ccccc57)C5(c7ccccc7-c7ccccc75)c5ccccc5-6)cc4)c3)nc(-c3ccc4ccccc4c3)n2)cc1. The Morgan fingerprint density at radius 2 is 0.762 bits per heavy atom. The molecule has 2 aromatic heterocycles. The first-order valence-electron chi connectivity index (χ1n) is 21.5. The molecule has 0 bridgehead atoms. The largest absolute Gasteiger partial charge is 0.247 e. The van der Waals surface area contributed by atoms with Crippen molar-refractivity contribution >= 4 is 21.5 Å². The van der Waals surface area contributed by atoms with E-state index in [1.165, 1.54) is 49.7 Å². The third-order valence-electron chi connectivity index (χ3n) is 13.1. The van der Waals surface area contributed by atoms with E-state index in [2.05, 4.69) is 188 Å². The number of rotatable bonds is 5. The van der Waals surface area contributed by atoms with Crippen LogP contribution in [-0.4, -0.2) is 19.9 Å². The zero-order valence-electron chi connectivity index (χ0n) is 34.1. The third kappa shape index (κ3) is 5.35. The highest BCUT2D eigenvalue weighted by molar-refractivity contribution is 6.06. The average molecular weight is 801 g/mol. The molecule has 4 heteroatoms. The fourth-order valence-electron chi connectivity index (χ4n) is 10.3. The molecule has 11 aromatic rings. The molecule has 0 radical (unpaired) electrons. The standard InChI is InChI=1S/C59H36N4/c1-2-16-40(17-3-1)56-61-57(63-58(62-56)44-34-31-37-15-4-5-18-41(37)36-44)43-20-14-19-42(35-43)38-29-32-39(33-30-38)54-48-24-7-6-23-47(48)53-55(60-54)49-25-10-13-28-52(49)59(53)50-26-11-8-21-45(50)46-22-9-12-27-51(46)59/h1-36H.